The number of aromatic nitrogens is 3. The van der Waals surface area contributed by atoms with E-state index >= 15 is 0 Å². The SMILES string of the molecule is Cn1cncc1C(=O)Nc1nc(Cl)ccc1[N+](=O)[O-]. The van der Waals surface area contributed by atoms with Crippen molar-refractivity contribution in [3.8, 4) is 0 Å². The highest BCUT2D eigenvalue weighted by molar-refractivity contribution is 6.29. The van der Waals surface area contributed by atoms with Crippen LogP contribution in [0, 0.1) is 10.1 Å². The first kappa shape index (κ1) is 13.0. The molecule has 9 heteroatoms. The maximum atomic E-state index is 11.9. The summed E-state index contributed by atoms with van der Waals surface area (Å²) in [5.41, 5.74) is -0.0870. The predicted octanol–water partition coefficient (Wildman–Crippen LogP) is 1.63. The number of imidazole rings is 1. The van der Waals surface area contributed by atoms with Crippen molar-refractivity contribution < 1.29 is 9.72 Å². The van der Waals surface area contributed by atoms with Crippen molar-refractivity contribution in [1.82, 2.24) is 14.5 Å². The molecule has 0 aliphatic heterocycles. The van der Waals surface area contributed by atoms with Gasteiger partial charge in [0, 0.05) is 13.1 Å². The molecule has 2 heterocycles. The second-order valence-electron chi connectivity index (χ2n) is 3.60. The van der Waals surface area contributed by atoms with Crippen LogP contribution in [0.2, 0.25) is 5.15 Å². The van der Waals surface area contributed by atoms with Crippen molar-refractivity contribution in [2.45, 2.75) is 0 Å². The Balaban J connectivity index is 2.33. The molecule has 19 heavy (non-hydrogen) atoms. The van der Waals surface area contributed by atoms with Crippen LogP contribution in [0.25, 0.3) is 0 Å². The first-order chi connectivity index (χ1) is 8.99. The molecule has 2 aromatic heterocycles. The summed E-state index contributed by atoms with van der Waals surface area (Å²) in [5, 5.41) is 13.2. The van der Waals surface area contributed by atoms with Gasteiger partial charge in [-0.05, 0) is 6.07 Å². The lowest BCUT2D eigenvalue weighted by Crippen LogP contribution is -2.17. The van der Waals surface area contributed by atoms with Gasteiger partial charge in [0.05, 0.1) is 17.4 Å². The third kappa shape index (κ3) is 2.68. The van der Waals surface area contributed by atoms with Gasteiger partial charge < -0.3 is 4.57 Å². The zero-order valence-corrected chi connectivity index (χ0v) is 10.5. The Morgan fingerprint density at radius 3 is 2.84 bits per heavy atom. The highest BCUT2D eigenvalue weighted by Crippen LogP contribution is 2.24. The van der Waals surface area contributed by atoms with Gasteiger partial charge in [-0.3, -0.25) is 20.2 Å². The van der Waals surface area contributed by atoms with Gasteiger partial charge in [0.25, 0.3) is 5.91 Å². The molecule has 0 unspecified atom stereocenters. The van der Waals surface area contributed by atoms with E-state index in [0.717, 1.165) is 0 Å². The van der Waals surface area contributed by atoms with Crippen LogP contribution in [0.1, 0.15) is 10.5 Å². The van der Waals surface area contributed by atoms with E-state index in [2.05, 4.69) is 15.3 Å². The van der Waals surface area contributed by atoms with E-state index < -0.39 is 10.8 Å². The molecule has 0 atom stereocenters. The normalized spacial score (nSPS) is 10.2. The van der Waals surface area contributed by atoms with Crippen molar-refractivity contribution in [3.05, 3.63) is 45.6 Å². The average molecular weight is 282 g/mol. The van der Waals surface area contributed by atoms with Crippen LogP contribution in [-0.4, -0.2) is 25.4 Å². The number of hydrogen-bond acceptors (Lipinski definition) is 5. The van der Waals surface area contributed by atoms with Gasteiger partial charge in [-0.1, -0.05) is 11.6 Å². The smallest absolute Gasteiger partial charge is 0.311 e. The molecule has 0 bridgehead atoms. The van der Waals surface area contributed by atoms with Gasteiger partial charge in [0.15, 0.2) is 0 Å². The van der Waals surface area contributed by atoms with Crippen LogP contribution in [-0.2, 0) is 7.05 Å². The van der Waals surface area contributed by atoms with Crippen LogP contribution in [0.15, 0.2) is 24.7 Å². The number of nitrogens with one attached hydrogen (secondary N) is 1. The van der Waals surface area contributed by atoms with Gasteiger partial charge in [-0.2, -0.15) is 0 Å². The van der Waals surface area contributed by atoms with Crippen LogP contribution < -0.4 is 5.32 Å². The number of carbonyl (C=O) groups excluding carboxylic acids is 1. The van der Waals surface area contributed by atoms with Gasteiger partial charge in [0.1, 0.15) is 10.8 Å². The average Bonchev–Trinajstić information content (AvgIpc) is 2.75. The molecule has 98 valence electrons. The Hall–Kier alpha value is -2.48. The molecule has 0 aliphatic carbocycles. The number of halogens is 1. The largest absolute Gasteiger partial charge is 0.330 e. The quantitative estimate of drug-likeness (QED) is 0.523. The predicted molar refractivity (Wildman–Crippen MR) is 67.1 cm³/mol. The minimum Gasteiger partial charge on any atom is -0.330 e. The fourth-order valence-corrected chi connectivity index (χ4v) is 1.56. The number of pyridine rings is 1. The molecule has 0 fully saturated rings. The first-order valence-corrected chi connectivity index (χ1v) is 5.45. The molecule has 1 amide bonds. The summed E-state index contributed by atoms with van der Waals surface area (Å²) in [5.74, 6) is -0.762. The molecule has 0 saturated carbocycles. The van der Waals surface area contributed by atoms with Crippen molar-refractivity contribution in [2.24, 2.45) is 7.05 Å². The molecule has 0 saturated heterocycles. The van der Waals surface area contributed by atoms with Crippen LogP contribution in [0.4, 0.5) is 11.5 Å². The van der Waals surface area contributed by atoms with Gasteiger partial charge in [0.2, 0.25) is 5.82 Å². The van der Waals surface area contributed by atoms with Crippen LogP contribution >= 0.6 is 11.6 Å². The maximum absolute atomic E-state index is 11.9. The minimum absolute atomic E-state index is 0.0471. The number of nitrogens with zero attached hydrogens (tertiary/aromatic N) is 4. The minimum atomic E-state index is -0.651. The Labute approximate surface area is 112 Å². The van der Waals surface area contributed by atoms with Crippen molar-refractivity contribution in [1.29, 1.82) is 0 Å². The molecule has 0 radical (unpaired) electrons. The first-order valence-electron chi connectivity index (χ1n) is 5.07. The van der Waals surface area contributed by atoms with E-state index in [1.165, 1.54) is 29.2 Å². The highest BCUT2D eigenvalue weighted by atomic mass is 35.5. The fourth-order valence-electron chi connectivity index (χ4n) is 1.41. The molecule has 2 rings (SSSR count). The van der Waals surface area contributed by atoms with E-state index in [1.54, 1.807) is 7.05 Å². The topological polar surface area (TPSA) is 103 Å². The lowest BCUT2D eigenvalue weighted by molar-refractivity contribution is -0.384. The fraction of sp³-hybridized carbons (Fsp3) is 0.100. The zero-order valence-electron chi connectivity index (χ0n) is 9.70. The number of carbonyl (C=O) groups is 1. The molecule has 1 N–H and O–H groups in total. The van der Waals surface area contributed by atoms with E-state index in [0.29, 0.717) is 0 Å². The zero-order chi connectivity index (χ0) is 14.0. The molecule has 0 aliphatic rings. The summed E-state index contributed by atoms with van der Waals surface area (Å²) >= 11 is 5.66. The summed E-state index contributed by atoms with van der Waals surface area (Å²) in [6, 6.07) is 2.45. The summed E-state index contributed by atoms with van der Waals surface area (Å²) in [7, 11) is 1.63. The molecular formula is C10H8ClN5O3. The summed E-state index contributed by atoms with van der Waals surface area (Å²) in [6.07, 6.45) is 2.78. The number of nitro groups is 1. The monoisotopic (exact) mass is 281 g/mol. The maximum Gasteiger partial charge on any atom is 0.311 e. The number of anilines is 1. The Bertz CT molecular complexity index is 654. The van der Waals surface area contributed by atoms with Gasteiger partial charge in [-0.15, -0.1) is 0 Å². The van der Waals surface area contributed by atoms with E-state index in [9.17, 15) is 14.9 Å². The Morgan fingerprint density at radius 2 is 2.26 bits per heavy atom. The molecule has 0 aromatic carbocycles. The standard InChI is InChI=1S/C10H8ClN5O3/c1-15-5-12-4-7(15)10(17)14-9-6(16(18)19)2-3-8(11)13-9/h2-5H,1H3,(H,13,14,17). The number of aryl methyl sites for hydroxylation is 1. The van der Waals surface area contributed by atoms with Crippen LogP contribution in [0.5, 0.6) is 0 Å². The van der Waals surface area contributed by atoms with Gasteiger partial charge >= 0.3 is 5.69 Å². The molecular weight excluding hydrogens is 274 g/mol. The summed E-state index contributed by atoms with van der Waals surface area (Å²) < 4.78 is 1.48. The highest BCUT2D eigenvalue weighted by Gasteiger charge is 2.19. The third-order valence-electron chi connectivity index (χ3n) is 2.32. The summed E-state index contributed by atoms with van der Waals surface area (Å²) in [6.45, 7) is 0. The second-order valence-corrected chi connectivity index (χ2v) is 3.99. The van der Waals surface area contributed by atoms with Crippen molar-refractivity contribution >= 4 is 29.0 Å². The number of amides is 1. The molecule has 8 nitrogen and oxygen atoms in total. The third-order valence-corrected chi connectivity index (χ3v) is 2.53. The van der Waals surface area contributed by atoms with E-state index in [1.807, 2.05) is 0 Å². The Morgan fingerprint density at radius 1 is 1.53 bits per heavy atom. The number of hydrogen-bond donors (Lipinski definition) is 1. The van der Waals surface area contributed by atoms with Crippen molar-refractivity contribution in [3.63, 3.8) is 0 Å². The Kier molecular flexibility index (Phi) is 3.43. The number of rotatable bonds is 3. The van der Waals surface area contributed by atoms with E-state index in [-0.39, 0.29) is 22.4 Å². The van der Waals surface area contributed by atoms with Gasteiger partial charge in [-0.25, -0.2) is 9.97 Å². The van der Waals surface area contributed by atoms with Crippen LogP contribution in [0.3, 0.4) is 0 Å². The second kappa shape index (κ2) is 5.02. The lowest BCUT2D eigenvalue weighted by atomic mass is 10.3. The van der Waals surface area contributed by atoms with E-state index in [4.69, 9.17) is 11.6 Å². The molecule has 2 aromatic rings. The van der Waals surface area contributed by atoms with Crippen molar-refractivity contribution in [2.75, 3.05) is 5.32 Å². The summed E-state index contributed by atoms with van der Waals surface area (Å²) in [4.78, 5) is 29.6. The lowest BCUT2D eigenvalue weighted by Gasteiger charge is -2.05. The molecule has 0 spiro atoms.